The molecule has 0 bridgehead atoms. The standard InChI is InChI=1S/C32H61N3O10/c36-24-25(37)29(42)30(43)31(44)32(45)34-22-18-14-10-6-1-3-7-11-15-19-26(38)35-23-27(39)33-21-17-13-9-5-2-4-8-12-16-20-28(40)41/h25,29-31,36-37,42-44H,1-24H2,(H,33,39)(H,34,45)(H,35,38)(H,40,41)/t25-,29-,30+,31-/m1/s1. The molecule has 0 rings (SSSR count). The molecule has 0 aliphatic rings. The second-order valence-corrected chi connectivity index (χ2v) is 11.9. The van der Waals surface area contributed by atoms with Crippen molar-refractivity contribution in [3.63, 3.8) is 0 Å². The van der Waals surface area contributed by atoms with Gasteiger partial charge in [0, 0.05) is 25.9 Å². The molecular formula is C32H61N3O10. The number of amides is 3. The lowest BCUT2D eigenvalue weighted by Gasteiger charge is -2.24. The molecule has 0 aliphatic heterocycles. The zero-order chi connectivity index (χ0) is 33.7. The number of hydrogen-bond donors (Lipinski definition) is 9. The summed E-state index contributed by atoms with van der Waals surface area (Å²) in [6, 6.07) is 0. The van der Waals surface area contributed by atoms with Crippen LogP contribution in [0.2, 0.25) is 0 Å². The predicted octanol–water partition coefficient (Wildman–Crippen LogP) is 1.66. The first-order chi connectivity index (χ1) is 21.6. The Morgan fingerprint density at radius 3 is 1.38 bits per heavy atom. The van der Waals surface area contributed by atoms with Crippen molar-refractivity contribution in [2.75, 3.05) is 26.2 Å². The number of nitrogens with one attached hydrogen (secondary N) is 3. The fourth-order valence-electron chi connectivity index (χ4n) is 4.84. The molecule has 13 nitrogen and oxygen atoms in total. The molecule has 0 aliphatic carbocycles. The first kappa shape index (κ1) is 42.7. The van der Waals surface area contributed by atoms with E-state index in [1.54, 1.807) is 0 Å². The highest BCUT2D eigenvalue weighted by Gasteiger charge is 2.33. The van der Waals surface area contributed by atoms with E-state index < -0.39 is 42.9 Å². The number of rotatable bonds is 31. The summed E-state index contributed by atoms with van der Waals surface area (Å²) in [5, 5.41) is 63.7. The molecular weight excluding hydrogens is 586 g/mol. The van der Waals surface area contributed by atoms with Gasteiger partial charge < -0.3 is 46.6 Å². The molecule has 0 aromatic carbocycles. The SMILES string of the molecule is O=C(O)CCCCCCCCCCCNC(=O)CNC(=O)CCCCCCCCCCCNC(=O)[C@H](O)[C@@H](O)[C@H](O)[C@H](O)CO. The number of carboxylic acids is 1. The fraction of sp³-hybridized carbons (Fsp3) is 0.875. The molecule has 0 spiro atoms. The summed E-state index contributed by atoms with van der Waals surface area (Å²) in [5.74, 6) is -1.85. The summed E-state index contributed by atoms with van der Waals surface area (Å²) in [4.78, 5) is 46.2. The van der Waals surface area contributed by atoms with Gasteiger partial charge in [-0.1, -0.05) is 89.9 Å². The number of unbranched alkanes of at least 4 members (excludes halogenated alkanes) is 16. The minimum absolute atomic E-state index is 0.00478. The molecule has 0 aromatic rings. The average Bonchev–Trinajstić information content (AvgIpc) is 3.02. The van der Waals surface area contributed by atoms with Gasteiger partial charge in [0.25, 0.3) is 5.91 Å². The van der Waals surface area contributed by atoms with Crippen LogP contribution >= 0.6 is 0 Å². The van der Waals surface area contributed by atoms with Crippen LogP contribution in [0.5, 0.6) is 0 Å². The zero-order valence-corrected chi connectivity index (χ0v) is 27.1. The van der Waals surface area contributed by atoms with Gasteiger partial charge in [-0.3, -0.25) is 19.2 Å². The third kappa shape index (κ3) is 25.6. The van der Waals surface area contributed by atoms with Crippen molar-refractivity contribution in [2.24, 2.45) is 0 Å². The lowest BCUT2D eigenvalue weighted by molar-refractivity contribution is -0.148. The topological polar surface area (TPSA) is 226 Å². The molecule has 3 amide bonds. The molecule has 0 fully saturated rings. The van der Waals surface area contributed by atoms with Gasteiger partial charge in [0.2, 0.25) is 11.8 Å². The minimum atomic E-state index is -1.91. The van der Waals surface area contributed by atoms with Crippen LogP contribution < -0.4 is 16.0 Å². The van der Waals surface area contributed by atoms with Gasteiger partial charge in [0.15, 0.2) is 6.10 Å². The molecule has 0 saturated heterocycles. The van der Waals surface area contributed by atoms with Gasteiger partial charge in [-0.15, -0.1) is 0 Å². The largest absolute Gasteiger partial charge is 0.481 e. The molecule has 0 radical (unpaired) electrons. The molecule has 9 N–H and O–H groups in total. The summed E-state index contributed by atoms with van der Waals surface area (Å²) < 4.78 is 0. The molecule has 4 atom stereocenters. The minimum Gasteiger partial charge on any atom is -0.481 e. The zero-order valence-electron chi connectivity index (χ0n) is 27.1. The van der Waals surface area contributed by atoms with Gasteiger partial charge >= 0.3 is 5.97 Å². The maximum absolute atomic E-state index is 12.0. The van der Waals surface area contributed by atoms with E-state index in [0.29, 0.717) is 25.9 Å². The highest BCUT2D eigenvalue weighted by molar-refractivity contribution is 5.84. The van der Waals surface area contributed by atoms with Crippen LogP contribution in [-0.2, 0) is 19.2 Å². The van der Waals surface area contributed by atoms with Gasteiger partial charge in [0.05, 0.1) is 13.2 Å². The van der Waals surface area contributed by atoms with Gasteiger partial charge in [-0.2, -0.15) is 0 Å². The van der Waals surface area contributed by atoms with Gasteiger partial charge in [-0.05, 0) is 25.7 Å². The van der Waals surface area contributed by atoms with Crippen LogP contribution in [0.4, 0.5) is 0 Å². The van der Waals surface area contributed by atoms with Gasteiger partial charge in [0.1, 0.15) is 18.3 Å². The van der Waals surface area contributed by atoms with Crippen LogP contribution in [0.1, 0.15) is 128 Å². The second kappa shape index (κ2) is 29.1. The van der Waals surface area contributed by atoms with E-state index in [1.165, 1.54) is 0 Å². The van der Waals surface area contributed by atoms with E-state index in [0.717, 1.165) is 109 Å². The van der Waals surface area contributed by atoms with Crippen molar-refractivity contribution in [1.29, 1.82) is 0 Å². The Hall–Kier alpha value is -2.32. The Balaban J connectivity index is 3.50. The number of carbonyl (C=O) groups is 4. The third-order valence-corrected chi connectivity index (χ3v) is 7.74. The number of carbonyl (C=O) groups excluding carboxylic acids is 3. The number of hydrogen-bond acceptors (Lipinski definition) is 9. The fourth-order valence-corrected chi connectivity index (χ4v) is 4.84. The summed E-state index contributed by atoms with van der Waals surface area (Å²) in [5.41, 5.74) is 0. The van der Waals surface area contributed by atoms with E-state index in [4.69, 9.17) is 10.2 Å². The Morgan fingerprint density at radius 2 is 0.911 bits per heavy atom. The lowest BCUT2D eigenvalue weighted by Crippen LogP contribution is -2.51. The number of aliphatic hydroxyl groups excluding tert-OH is 5. The summed E-state index contributed by atoms with van der Waals surface area (Å²) >= 11 is 0. The Morgan fingerprint density at radius 1 is 0.489 bits per heavy atom. The third-order valence-electron chi connectivity index (χ3n) is 7.74. The molecule has 264 valence electrons. The summed E-state index contributed by atoms with van der Waals surface area (Å²) in [6.45, 7) is 0.120. The smallest absolute Gasteiger partial charge is 0.303 e. The molecule has 0 saturated carbocycles. The quantitative estimate of drug-likeness (QED) is 0.0495. The van der Waals surface area contributed by atoms with E-state index >= 15 is 0 Å². The Bertz CT molecular complexity index is 786. The molecule has 13 heteroatoms. The van der Waals surface area contributed by atoms with Crippen molar-refractivity contribution in [3.8, 4) is 0 Å². The van der Waals surface area contributed by atoms with Crippen molar-refractivity contribution in [3.05, 3.63) is 0 Å². The van der Waals surface area contributed by atoms with E-state index in [-0.39, 0.29) is 24.8 Å². The van der Waals surface area contributed by atoms with Crippen molar-refractivity contribution in [2.45, 2.75) is 153 Å². The number of aliphatic carboxylic acids is 1. The molecule has 0 aromatic heterocycles. The lowest BCUT2D eigenvalue weighted by atomic mass is 10.0. The normalized spacial score (nSPS) is 13.9. The van der Waals surface area contributed by atoms with E-state index in [1.807, 2.05) is 0 Å². The summed E-state index contributed by atoms with van der Waals surface area (Å²) in [6.07, 6.45) is 11.3. The Kier molecular flexibility index (Phi) is 27.6. The first-order valence-corrected chi connectivity index (χ1v) is 17.0. The van der Waals surface area contributed by atoms with E-state index in [2.05, 4.69) is 16.0 Å². The monoisotopic (exact) mass is 647 g/mol. The molecule has 0 unspecified atom stereocenters. The highest BCUT2D eigenvalue weighted by atomic mass is 16.4. The maximum atomic E-state index is 12.0. The highest BCUT2D eigenvalue weighted by Crippen LogP contribution is 2.12. The van der Waals surface area contributed by atoms with Crippen LogP contribution in [0.15, 0.2) is 0 Å². The van der Waals surface area contributed by atoms with Crippen LogP contribution in [-0.4, -0.2) is 105 Å². The first-order valence-electron chi connectivity index (χ1n) is 17.0. The average molecular weight is 648 g/mol. The van der Waals surface area contributed by atoms with Gasteiger partial charge in [-0.25, -0.2) is 0 Å². The predicted molar refractivity (Wildman–Crippen MR) is 170 cm³/mol. The second-order valence-electron chi connectivity index (χ2n) is 11.9. The van der Waals surface area contributed by atoms with Crippen molar-refractivity contribution in [1.82, 2.24) is 16.0 Å². The molecule has 0 heterocycles. The van der Waals surface area contributed by atoms with E-state index in [9.17, 15) is 39.6 Å². The number of carboxylic acid groups (broad SMARTS) is 1. The molecule has 45 heavy (non-hydrogen) atoms. The van der Waals surface area contributed by atoms with Crippen LogP contribution in [0.3, 0.4) is 0 Å². The van der Waals surface area contributed by atoms with Crippen molar-refractivity contribution < 1.29 is 49.8 Å². The number of aliphatic hydroxyl groups is 5. The summed E-state index contributed by atoms with van der Waals surface area (Å²) in [7, 11) is 0. The van der Waals surface area contributed by atoms with Crippen molar-refractivity contribution >= 4 is 23.7 Å². The van der Waals surface area contributed by atoms with Crippen LogP contribution in [0.25, 0.3) is 0 Å². The Labute approximate surface area is 268 Å². The van der Waals surface area contributed by atoms with Crippen LogP contribution in [0, 0.1) is 0 Å². The maximum Gasteiger partial charge on any atom is 0.303 e.